The highest BCUT2D eigenvalue weighted by molar-refractivity contribution is 6.34. The number of nitrogens with one attached hydrogen (secondary N) is 1. The van der Waals surface area contributed by atoms with Crippen LogP contribution in [0.25, 0.3) is 0 Å². The van der Waals surface area contributed by atoms with Gasteiger partial charge >= 0.3 is 0 Å². The molecule has 0 saturated carbocycles. The minimum atomic E-state index is -0.577. The molecule has 0 aromatic heterocycles. The van der Waals surface area contributed by atoms with Crippen molar-refractivity contribution in [2.45, 2.75) is 19.3 Å². The summed E-state index contributed by atoms with van der Waals surface area (Å²) in [6.07, 6.45) is 2.36. The maximum Gasteiger partial charge on any atom is 0.270 e. The molecular formula is C18H16ClN3O4. The zero-order chi connectivity index (χ0) is 18.7. The van der Waals surface area contributed by atoms with Crippen LogP contribution in [0.2, 0.25) is 5.02 Å². The minimum Gasteiger partial charge on any atom is -0.322 e. The predicted octanol–water partition coefficient (Wildman–Crippen LogP) is 4.02. The fraction of sp³-hybridized carbons (Fsp3) is 0.222. The summed E-state index contributed by atoms with van der Waals surface area (Å²) in [6, 6.07) is 10.7. The van der Waals surface area contributed by atoms with Gasteiger partial charge in [-0.3, -0.25) is 19.7 Å². The van der Waals surface area contributed by atoms with Crippen LogP contribution in [0, 0.1) is 10.1 Å². The molecule has 8 heteroatoms. The van der Waals surface area contributed by atoms with E-state index in [0.717, 1.165) is 24.6 Å². The quantitative estimate of drug-likeness (QED) is 0.647. The summed E-state index contributed by atoms with van der Waals surface area (Å²) in [5.41, 5.74) is 1.19. The number of piperidine rings is 1. The molecule has 1 aliphatic rings. The van der Waals surface area contributed by atoms with Gasteiger partial charge < -0.3 is 10.2 Å². The molecule has 0 bridgehead atoms. The largest absolute Gasteiger partial charge is 0.322 e. The van der Waals surface area contributed by atoms with E-state index in [1.807, 2.05) is 6.07 Å². The van der Waals surface area contributed by atoms with Crippen molar-refractivity contribution in [3.8, 4) is 0 Å². The first-order valence-corrected chi connectivity index (χ1v) is 8.49. The molecule has 1 fully saturated rings. The number of halogens is 1. The number of nitro benzene ring substituents is 1. The van der Waals surface area contributed by atoms with E-state index < -0.39 is 10.8 Å². The van der Waals surface area contributed by atoms with E-state index in [0.29, 0.717) is 18.7 Å². The molecule has 0 atom stereocenters. The standard InChI is InChI=1S/C18H16ClN3O4/c19-16-11-14(22(25)26)7-8-15(16)18(24)20-12-4-3-5-13(10-12)21-9-2-1-6-17(21)23/h3-5,7-8,10-11H,1-2,6,9H2,(H,20,24). The molecule has 1 N–H and O–H groups in total. The number of rotatable bonds is 4. The number of carbonyl (C=O) groups excluding carboxylic acids is 2. The number of nitrogens with zero attached hydrogens (tertiary/aromatic N) is 2. The third kappa shape index (κ3) is 3.83. The van der Waals surface area contributed by atoms with Crippen molar-refractivity contribution in [3.05, 3.63) is 63.2 Å². The summed E-state index contributed by atoms with van der Waals surface area (Å²) in [5.74, 6) is -0.412. The second kappa shape index (κ2) is 7.53. The molecule has 134 valence electrons. The smallest absolute Gasteiger partial charge is 0.270 e. The van der Waals surface area contributed by atoms with Gasteiger partial charge in [-0.15, -0.1) is 0 Å². The van der Waals surface area contributed by atoms with Crippen LogP contribution >= 0.6 is 11.6 Å². The molecule has 0 radical (unpaired) electrons. The van der Waals surface area contributed by atoms with E-state index in [1.54, 1.807) is 23.1 Å². The number of amides is 2. The Morgan fingerprint density at radius 1 is 1.19 bits per heavy atom. The number of carbonyl (C=O) groups is 2. The molecule has 0 unspecified atom stereocenters. The molecule has 2 aromatic rings. The second-order valence-corrected chi connectivity index (χ2v) is 6.34. The summed E-state index contributed by atoms with van der Waals surface area (Å²) in [4.78, 5) is 36.4. The Bertz CT molecular complexity index is 884. The lowest BCUT2D eigenvalue weighted by Gasteiger charge is -2.27. The van der Waals surface area contributed by atoms with E-state index in [-0.39, 0.29) is 22.2 Å². The van der Waals surface area contributed by atoms with E-state index in [9.17, 15) is 19.7 Å². The number of hydrogen-bond acceptors (Lipinski definition) is 4. The maximum absolute atomic E-state index is 12.4. The topological polar surface area (TPSA) is 92.6 Å². The van der Waals surface area contributed by atoms with E-state index in [4.69, 9.17) is 11.6 Å². The summed E-state index contributed by atoms with van der Waals surface area (Å²) in [7, 11) is 0. The zero-order valence-electron chi connectivity index (χ0n) is 13.8. The van der Waals surface area contributed by atoms with Gasteiger partial charge in [-0.25, -0.2) is 0 Å². The highest BCUT2D eigenvalue weighted by atomic mass is 35.5. The lowest BCUT2D eigenvalue weighted by molar-refractivity contribution is -0.384. The Hall–Kier alpha value is -2.93. The minimum absolute atomic E-state index is 0.000868. The lowest BCUT2D eigenvalue weighted by atomic mass is 10.1. The normalized spacial score (nSPS) is 14.2. The summed E-state index contributed by atoms with van der Waals surface area (Å²) in [5, 5.41) is 13.5. The van der Waals surface area contributed by atoms with Crippen LogP contribution in [0.3, 0.4) is 0 Å². The molecule has 7 nitrogen and oxygen atoms in total. The van der Waals surface area contributed by atoms with Crippen LogP contribution in [0.15, 0.2) is 42.5 Å². The lowest BCUT2D eigenvalue weighted by Crippen LogP contribution is -2.35. The van der Waals surface area contributed by atoms with Gasteiger partial charge in [0, 0.05) is 36.5 Å². The molecule has 26 heavy (non-hydrogen) atoms. The van der Waals surface area contributed by atoms with Gasteiger partial charge in [-0.2, -0.15) is 0 Å². The predicted molar refractivity (Wildman–Crippen MR) is 98.7 cm³/mol. The first-order chi connectivity index (χ1) is 12.5. The highest BCUT2D eigenvalue weighted by Crippen LogP contribution is 2.26. The van der Waals surface area contributed by atoms with Gasteiger partial charge in [-0.1, -0.05) is 17.7 Å². The first kappa shape index (κ1) is 17.9. The van der Waals surface area contributed by atoms with Crippen molar-refractivity contribution in [2.75, 3.05) is 16.8 Å². The highest BCUT2D eigenvalue weighted by Gasteiger charge is 2.20. The van der Waals surface area contributed by atoms with Gasteiger partial charge in [0.05, 0.1) is 15.5 Å². The second-order valence-electron chi connectivity index (χ2n) is 5.93. The zero-order valence-corrected chi connectivity index (χ0v) is 14.5. The molecule has 1 aliphatic heterocycles. The maximum atomic E-state index is 12.4. The fourth-order valence-corrected chi connectivity index (χ4v) is 3.09. The van der Waals surface area contributed by atoms with Crippen LogP contribution in [-0.4, -0.2) is 23.3 Å². The number of benzene rings is 2. The van der Waals surface area contributed by atoms with Crippen molar-refractivity contribution < 1.29 is 14.5 Å². The molecule has 1 saturated heterocycles. The van der Waals surface area contributed by atoms with Crippen LogP contribution < -0.4 is 10.2 Å². The average molecular weight is 374 g/mol. The van der Waals surface area contributed by atoms with Crippen LogP contribution in [0.4, 0.5) is 17.1 Å². The Kier molecular flexibility index (Phi) is 5.18. The van der Waals surface area contributed by atoms with Gasteiger partial charge in [0.25, 0.3) is 11.6 Å². The van der Waals surface area contributed by atoms with Gasteiger partial charge in [0.2, 0.25) is 5.91 Å². The fourth-order valence-electron chi connectivity index (χ4n) is 2.83. The molecule has 2 aromatic carbocycles. The van der Waals surface area contributed by atoms with Crippen molar-refractivity contribution in [3.63, 3.8) is 0 Å². The Morgan fingerprint density at radius 3 is 2.69 bits per heavy atom. The van der Waals surface area contributed by atoms with Crippen molar-refractivity contribution >= 4 is 40.5 Å². The third-order valence-electron chi connectivity index (χ3n) is 4.15. The number of anilines is 2. The van der Waals surface area contributed by atoms with E-state index in [2.05, 4.69) is 5.32 Å². The SMILES string of the molecule is O=C(Nc1cccc(N2CCCCC2=O)c1)c1ccc([N+](=O)[O-])cc1Cl. The first-order valence-electron chi connectivity index (χ1n) is 8.11. The van der Waals surface area contributed by atoms with Crippen molar-refractivity contribution in [1.82, 2.24) is 0 Å². The third-order valence-corrected chi connectivity index (χ3v) is 4.46. The van der Waals surface area contributed by atoms with Crippen LogP contribution in [0.1, 0.15) is 29.6 Å². The number of hydrogen-bond donors (Lipinski definition) is 1. The Labute approximate surface area is 154 Å². The van der Waals surface area contributed by atoms with Gasteiger partial charge in [0.15, 0.2) is 0 Å². The summed E-state index contributed by atoms with van der Waals surface area (Å²) >= 11 is 5.99. The van der Waals surface area contributed by atoms with Gasteiger partial charge in [-0.05, 0) is 37.1 Å². The molecule has 1 heterocycles. The average Bonchev–Trinajstić information content (AvgIpc) is 2.62. The Morgan fingerprint density at radius 2 is 2.00 bits per heavy atom. The van der Waals surface area contributed by atoms with E-state index >= 15 is 0 Å². The summed E-state index contributed by atoms with van der Waals surface area (Å²) in [6.45, 7) is 0.657. The van der Waals surface area contributed by atoms with Gasteiger partial charge in [0.1, 0.15) is 0 Å². The monoisotopic (exact) mass is 373 g/mol. The van der Waals surface area contributed by atoms with Crippen molar-refractivity contribution in [2.24, 2.45) is 0 Å². The molecule has 0 aliphatic carbocycles. The number of non-ortho nitro benzene ring substituents is 1. The Balaban J connectivity index is 1.78. The molecule has 3 rings (SSSR count). The van der Waals surface area contributed by atoms with Crippen molar-refractivity contribution in [1.29, 1.82) is 0 Å². The number of nitro groups is 1. The van der Waals surface area contributed by atoms with Crippen LogP contribution in [0.5, 0.6) is 0 Å². The van der Waals surface area contributed by atoms with Crippen LogP contribution in [-0.2, 0) is 4.79 Å². The molecule has 0 spiro atoms. The molecule has 2 amide bonds. The summed E-state index contributed by atoms with van der Waals surface area (Å²) < 4.78 is 0. The molecular weight excluding hydrogens is 358 g/mol. The van der Waals surface area contributed by atoms with E-state index in [1.165, 1.54) is 12.1 Å².